The lowest BCUT2D eigenvalue weighted by Gasteiger charge is -2.36. The van der Waals surface area contributed by atoms with Crippen LogP contribution in [0, 0.1) is 37.5 Å². The number of nitrogens with two attached hydrogens (primary N) is 1. The number of aliphatic carboxylic acids is 1. The van der Waals surface area contributed by atoms with Gasteiger partial charge in [-0.3, -0.25) is 9.59 Å². The summed E-state index contributed by atoms with van der Waals surface area (Å²) in [6, 6.07) is 16.5. The zero-order chi connectivity index (χ0) is 55.2. The average molecular weight is 1110 g/mol. The number of benzene rings is 2. The minimum absolute atomic E-state index is 0. The Morgan fingerprint density at radius 1 is 0.658 bits per heavy atom. The number of likely N-dealkylation sites (tertiary alicyclic amines) is 2. The third-order valence-corrected chi connectivity index (χ3v) is 15.9. The number of carbonyl (C=O) groups excluding carboxylic acids is 3. The van der Waals surface area contributed by atoms with Crippen LogP contribution in [0.15, 0.2) is 95.2 Å². The number of ether oxygens (including phenoxy) is 2. The molecule has 2 aromatic carbocycles. The summed E-state index contributed by atoms with van der Waals surface area (Å²) in [5.41, 5.74) is 8.87. The summed E-state index contributed by atoms with van der Waals surface area (Å²) < 4.78 is 64.4. The van der Waals surface area contributed by atoms with Crippen molar-refractivity contribution in [2.75, 3.05) is 26.2 Å². The van der Waals surface area contributed by atoms with Crippen LogP contribution in [0.25, 0.3) is 22.3 Å². The molecule has 0 unspecified atom stereocenters. The van der Waals surface area contributed by atoms with Crippen LogP contribution in [0.5, 0.6) is 0 Å². The van der Waals surface area contributed by atoms with E-state index >= 15 is 0 Å². The second kappa shape index (κ2) is 24.5. The molecule has 8 rings (SSSR count). The topological polar surface area (TPSA) is 281 Å². The van der Waals surface area contributed by atoms with Gasteiger partial charge in [0.2, 0.25) is 5.91 Å². The van der Waals surface area contributed by atoms with Gasteiger partial charge in [-0.25, -0.2) is 54.3 Å². The normalized spacial score (nSPS) is 18.0. The molecule has 4 N–H and O–H groups in total. The maximum atomic E-state index is 13.1. The molecule has 2 aliphatic rings. The minimum Gasteiger partial charge on any atom is -0.481 e. The summed E-state index contributed by atoms with van der Waals surface area (Å²) in [5.74, 6) is -1.68. The third-order valence-electron chi connectivity index (χ3n) is 12.5. The predicted molar refractivity (Wildman–Crippen MR) is 287 cm³/mol. The highest BCUT2D eigenvalue weighted by atomic mass is 35.5. The Hall–Kier alpha value is -6.69. The number of fused-ring (bicyclic) bond motifs is 2. The Labute approximate surface area is 450 Å². The number of nitrogens with one attached hydrogen (secondary N) is 1. The number of carboxylic acids is 1. The molecule has 24 heteroatoms. The molecule has 2 saturated heterocycles. The molecule has 6 aromatic rings. The van der Waals surface area contributed by atoms with Crippen LogP contribution in [-0.2, 0) is 52.2 Å². The molecule has 0 saturated carbocycles. The van der Waals surface area contributed by atoms with Gasteiger partial charge in [-0.2, -0.15) is 0 Å². The van der Waals surface area contributed by atoms with E-state index in [2.05, 4.69) is 25.3 Å². The lowest BCUT2D eigenvalue weighted by atomic mass is 9.86. The van der Waals surface area contributed by atoms with Gasteiger partial charge >= 0.3 is 18.2 Å². The number of piperidine rings is 2. The molecule has 2 aliphatic heterocycles. The molecule has 0 spiro atoms. The lowest BCUT2D eigenvalue weighted by Crippen LogP contribution is -2.49. The fourth-order valence-electron chi connectivity index (χ4n) is 8.17. The van der Waals surface area contributed by atoms with Crippen LogP contribution >= 0.6 is 12.4 Å². The Kier molecular flexibility index (Phi) is 19.4. The summed E-state index contributed by atoms with van der Waals surface area (Å²) in [4.78, 5) is 69.0. The van der Waals surface area contributed by atoms with Gasteiger partial charge < -0.3 is 35.4 Å². The highest BCUT2D eigenvalue weighted by Gasteiger charge is 2.37. The van der Waals surface area contributed by atoms with E-state index in [1.165, 1.54) is 29.7 Å². The smallest absolute Gasteiger partial charge is 0.410 e. The first-order chi connectivity index (χ1) is 35.1. The van der Waals surface area contributed by atoms with Crippen molar-refractivity contribution in [1.29, 1.82) is 0 Å². The van der Waals surface area contributed by atoms with Gasteiger partial charge in [-0.1, -0.05) is 49.2 Å². The average Bonchev–Trinajstić information content (AvgIpc) is 3.98. The van der Waals surface area contributed by atoms with Crippen molar-refractivity contribution in [3.63, 3.8) is 0 Å². The van der Waals surface area contributed by atoms with Crippen molar-refractivity contribution in [2.45, 2.75) is 116 Å². The van der Waals surface area contributed by atoms with E-state index in [0.717, 1.165) is 19.1 Å². The second-order valence-corrected chi connectivity index (χ2v) is 24.5. The molecule has 0 radical (unpaired) electrons. The number of carbonyl (C=O) groups is 4. The zero-order valence-electron chi connectivity index (χ0n) is 44.5. The van der Waals surface area contributed by atoms with Crippen LogP contribution in [0.2, 0.25) is 0 Å². The molecular formula is C52H69ClN10O11S2. The van der Waals surface area contributed by atoms with E-state index in [9.17, 15) is 36.0 Å². The minimum atomic E-state index is -3.82. The molecule has 76 heavy (non-hydrogen) atoms. The summed E-state index contributed by atoms with van der Waals surface area (Å²) >= 11 is 0. The van der Waals surface area contributed by atoms with Crippen molar-refractivity contribution >= 4 is 78.8 Å². The predicted octanol–water partition coefficient (Wildman–Crippen LogP) is 7.31. The summed E-state index contributed by atoms with van der Waals surface area (Å²) in [6.45, 7) is 20.6. The van der Waals surface area contributed by atoms with Crippen LogP contribution in [0.1, 0.15) is 90.7 Å². The molecule has 0 bridgehead atoms. The lowest BCUT2D eigenvalue weighted by molar-refractivity contribution is -0.145. The Bertz CT molecular complexity index is 3250. The van der Waals surface area contributed by atoms with Crippen molar-refractivity contribution in [2.24, 2.45) is 29.4 Å². The van der Waals surface area contributed by atoms with Gasteiger partial charge in [-0.05, 0) is 116 Å². The Morgan fingerprint density at radius 3 is 1.46 bits per heavy atom. The van der Waals surface area contributed by atoms with Crippen molar-refractivity contribution < 1.29 is 50.6 Å². The molecule has 4 atom stereocenters. The molecule has 2 fully saturated rings. The van der Waals surface area contributed by atoms with Gasteiger partial charge in [-0.15, -0.1) is 12.4 Å². The number of rotatable bonds is 9. The van der Waals surface area contributed by atoms with Crippen molar-refractivity contribution in [1.82, 2.24) is 43.0 Å². The molecule has 21 nitrogen and oxygen atoms in total. The molecule has 412 valence electrons. The molecule has 6 heterocycles. The first kappa shape index (κ1) is 60.2. The highest BCUT2D eigenvalue weighted by molar-refractivity contribution is 7.90. The zero-order valence-corrected chi connectivity index (χ0v) is 46.9. The van der Waals surface area contributed by atoms with Gasteiger partial charge in [0, 0.05) is 45.1 Å². The number of hydrogen-bond acceptors (Lipinski definition) is 15. The summed E-state index contributed by atoms with van der Waals surface area (Å²) in [7, 11) is -7.50. The van der Waals surface area contributed by atoms with E-state index in [1.807, 2.05) is 48.5 Å². The van der Waals surface area contributed by atoms with Gasteiger partial charge in [0.25, 0.3) is 20.0 Å². The van der Waals surface area contributed by atoms with Crippen LogP contribution in [0.3, 0.4) is 0 Å². The quantitative estimate of drug-likeness (QED) is 0.128. The number of aryl methyl sites for hydroxylation is 2. The maximum absolute atomic E-state index is 13.1. The SMILES string of the molecule is C[C@@H]1CCN(C(=O)OC(C)(C)C)C[C@@H]1C(=O)O.Cc1ccc(S(=O)(=O)n2ccc3nc(CN)cnc32)cc1.Cc1ccc(S(=O)(=O)n2ccc3nc(CNC(=O)[C@H]4CN(C(=O)OC(C)(C)C)CC[C@H]4C)cnc32)cc1.Cl. The standard InChI is InChI=1S/C26H33N5O5S.C14H14N4O2S.C12H21NO4.ClH/c1-17-6-8-20(9-7-17)37(34,35)31-13-11-22-23(31)27-14-19(29-22)15-28-24(32)21-16-30(12-10-18(21)2)25(33)36-26(3,4)5;1-10-2-4-12(5-3-10)21(19,20)18-7-6-13-14(18)16-9-11(8-15)17-13;1-8-5-6-13(7-9(8)10(14)15)11(16)17-12(2,3)4;/h6-9,11,13-14,18,21H,10,12,15-16H2,1-5H3,(H,28,32);2-7,9H,8,15H2,1H3;8-9H,5-7H2,1-4H3,(H,14,15);1H/t18-,21+;;8-,9+;/m1.1./s1. The largest absolute Gasteiger partial charge is 0.481 e. The number of carboxylic acid groups (broad SMARTS) is 1. The van der Waals surface area contributed by atoms with Crippen molar-refractivity contribution in [3.05, 3.63) is 108 Å². The van der Waals surface area contributed by atoms with Crippen LogP contribution < -0.4 is 11.1 Å². The number of hydrogen-bond donors (Lipinski definition) is 3. The van der Waals surface area contributed by atoms with E-state index in [1.54, 1.807) is 86.3 Å². The van der Waals surface area contributed by atoms with Gasteiger partial charge in [0.1, 0.15) is 22.2 Å². The maximum Gasteiger partial charge on any atom is 0.410 e. The van der Waals surface area contributed by atoms with E-state index in [0.29, 0.717) is 54.0 Å². The number of halogens is 1. The van der Waals surface area contributed by atoms with Crippen LogP contribution in [0.4, 0.5) is 9.59 Å². The van der Waals surface area contributed by atoms with Gasteiger partial charge in [0.15, 0.2) is 11.3 Å². The highest BCUT2D eigenvalue weighted by Crippen LogP contribution is 2.27. The molecular weight excluding hydrogens is 1040 g/mol. The monoisotopic (exact) mass is 1110 g/mol. The third kappa shape index (κ3) is 15.0. The first-order valence-corrected chi connectivity index (χ1v) is 27.4. The molecule has 4 aromatic heterocycles. The Balaban J connectivity index is 0.000000231. The van der Waals surface area contributed by atoms with Crippen LogP contribution in [-0.4, -0.2) is 121 Å². The summed E-state index contributed by atoms with van der Waals surface area (Å²) in [6.07, 6.45) is 6.40. The molecule has 0 aliphatic carbocycles. The van der Waals surface area contributed by atoms with E-state index in [-0.39, 0.29) is 77.7 Å². The number of aromatic nitrogens is 6. The van der Waals surface area contributed by atoms with E-state index < -0.39 is 55.3 Å². The summed E-state index contributed by atoms with van der Waals surface area (Å²) in [5, 5.41) is 12.0. The van der Waals surface area contributed by atoms with Crippen molar-refractivity contribution in [3.8, 4) is 0 Å². The first-order valence-electron chi connectivity index (χ1n) is 24.5. The Morgan fingerprint density at radius 2 is 1.05 bits per heavy atom. The number of nitrogens with zero attached hydrogens (tertiary/aromatic N) is 8. The second-order valence-electron chi connectivity index (χ2n) is 20.9. The fraction of sp³-hybridized carbons (Fsp3) is 0.462. The molecule has 3 amide bonds. The number of amides is 3. The fourth-order valence-corrected chi connectivity index (χ4v) is 10.8. The van der Waals surface area contributed by atoms with E-state index in [4.69, 9.17) is 20.3 Å². The van der Waals surface area contributed by atoms with Gasteiger partial charge in [0.05, 0.1) is 52.0 Å².